The summed E-state index contributed by atoms with van der Waals surface area (Å²) in [5.74, 6) is 1.83. The van der Waals surface area contributed by atoms with Crippen LogP contribution in [0.15, 0.2) is 29.3 Å². The Morgan fingerprint density at radius 3 is 2.79 bits per heavy atom. The Kier molecular flexibility index (Phi) is 8.46. The number of nitrogens with zero attached hydrogens (tertiary/aromatic N) is 1. The number of rotatable bonds is 9. The molecule has 0 amide bonds. The smallest absolute Gasteiger partial charge is 0.191 e. The summed E-state index contributed by atoms with van der Waals surface area (Å²) >= 11 is 0. The zero-order valence-electron chi connectivity index (χ0n) is 15.0. The van der Waals surface area contributed by atoms with Crippen molar-refractivity contribution in [2.24, 2.45) is 4.99 Å². The third kappa shape index (κ3) is 7.21. The fourth-order valence-electron chi connectivity index (χ4n) is 2.58. The molecule has 1 unspecified atom stereocenters. The van der Waals surface area contributed by atoms with Gasteiger partial charge in [0.15, 0.2) is 5.96 Å². The first-order valence-corrected chi connectivity index (χ1v) is 9.11. The minimum absolute atomic E-state index is 0.295. The van der Waals surface area contributed by atoms with Gasteiger partial charge < -0.3 is 20.1 Å². The number of guanidine groups is 1. The molecule has 1 saturated heterocycles. The van der Waals surface area contributed by atoms with Crippen LogP contribution in [0.3, 0.4) is 0 Å². The number of hydrogen-bond acceptors (Lipinski definition) is 3. The van der Waals surface area contributed by atoms with Gasteiger partial charge in [0, 0.05) is 19.7 Å². The van der Waals surface area contributed by atoms with E-state index in [1.54, 1.807) is 0 Å². The number of benzene rings is 1. The standard InChI is InChI=1S/C19H31N3O2/c1-3-20-19(22-15-18-7-6-14-24-18)21-12-4-5-13-23-17-10-8-16(2)9-11-17/h8-11,18H,3-7,12-15H2,1-2H3,(H2,20,21,22). The van der Waals surface area contributed by atoms with Gasteiger partial charge in [0.05, 0.1) is 19.3 Å². The molecule has 1 aromatic carbocycles. The lowest BCUT2D eigenvalue weighted by atomic mass is 10.2. The lowest BCUT2D eigenvalue weighted by Gasteiger charge is -2.13. The molecule has 0 spiro atoms. The summed E-state index contributed by atoms with van der Waals surface area (Å²) in [5, 5.41) is 6.66. The Bertz CT molecular complexity index is 482. The normalized spacial score (nSPS) is 17.8. The van der Waals surface area contributed by atoms with Crippen molar-refractivity contribution < 1.29 is 9.47 Å². The van der Waals surface area contributed by atoms with E-state index in [1.807, 2.05) is 12.1 Å². The minimum atomic E-state index is 0.295. The summed E-state index contributed by atoms with van der Waals surface area (Å²) < 4.78 is 11.3. The molecular formula is C19H31N3O2. The van der Waals surface area contributed by atoms with E-state index in [0.717, 1.165) is 70.2 Å². The fraction of sp³-hybridized carbons (Fsp3) is 0.632. The molecule has 5 heteroatoms. The second-order valence-corrected chi connectivity index (χ2v) is 6.15. The average Bonchev–Trinajstić information content (AvgIpc) is 3.11. The van der Waals surface area contributed by atoms with Crippen molar-refractivity contribution >= 4 is 5.96 Å². The summed E-state index contributed by atoms with van der Waals surface area (Å²) in [4.78, 5) is 4.61. The second kappa shape index (κ2) is 10.9. The van der Waals surface area contributed by atoms with Crippen LogP contribution in [-0.4, -0.2) is 44.9 Å². The number of hydrogen-bond donors (Lipinski definition) is 2. The highest BCUT2D eigenvalue weighted by Gasteiger charge is 2.14. The Morgan fingerprint density at radius 2 is 2.08 bits per heavy atom. The van der Waals surface area contributed by atoms with Crippen molar-refractivity contribution in [3.63, 3.8) is 0 Å². The third-order valence-electron chi connectivity index (χ3n) is 3.97. The van der Waals surface area contributed by atoms with Crippen molar-refractivity contribution in [2.45, 2.75) is 45.6 Å². The van der Waals surface area contributed by atoms with E-state index in [4.69, 9.17) is 9.47 Å². The summed E-state index contributed by atoms with van der Waals surface area (Å²) in [6, 6.07) is 8.19. The van der Waals surface area contributed by atoms with E-state index < -0.39 is 0 Å². The number of aliphatic imine (C=N–C) groups is 1. The molecule has 0 aromatic heterocycles. The van der Waals surface area contributed by atoms with E-state index in [-0.39, 0.29) is 0 Å². The van der Waals surface area contributed by atoms with Gasteiger partial charge in [-0.05, 0) is 51.7 Å². The van der Waals surface area contributed by atoms with Crippen LogP contribution in [0.5, 0.6) is 5.75 Å². The molecule has 5 nitrogen and oxygen atoms in total. The van der Waals surface area contributed by atoms with Gasteiger partial charge in [-0.2, -0.15) is 0 Å². The monoisotopic (exact) mass is 333 g/mol. The van der Waals surface area contributed by atoms with Crippen molar-refractivity contribution in [1.82, 2.24) is 10.6 Å². The Labute approximate surface area is 145 Å². The van der Waals surface area contributed by atoms with Crippen LogP contribution < -0.4 is 15.4 Å². The first kappa shape index (κ1) is 18.6. The van der Waals surface area contributed by atoms with Crippen LogP contribution in [0.1, 0.15) is 38.2 Å². The van der Waals surface area contributed by atoms with Crippen LogP contribution in [0.25, 0.3) is 0 Å². The number of aryl methyl sites for hydroxylation is 1. The topological polar surface area (TPSA) is 54.9 Å². The Morgan fingerprint density at radius 1 is 1.25 bits per heavy atom. The summed E-state index contributed by atoms with van der Waals surface area (Å²) in [5.41, 5.74) is 1.25. The summed E-state index contributed by atoms with van der Waals surface area (Å²) in [6.07, 6.45) is 4.65. The molecule has 0 aliphatic carbocycles. The Balaban J connectivity index is 1.58. The quantitative estimate of drug-likeness (QED) is 0.414. The molecule has 0 bridgehead atoms. The molecule has 1 heterocycles. The third-order valence-corrected chi connectivity index (χ3v) is 3.97. The minimum Gasteiger partial charge on any atom is -0.494 e. The average molecular weight is 333 g/mol. The van der Waals surface area contributed by atoms with Gasteiger partial charge in [0.25, 0.3) is 0 Å². The Hall–Kier alpha value is -1.75. The molecule has 24 heavy (non-hydrogen) atoms. The van der Waals surface area contributed by atoms with Gasteiger partial charge in [0.1, 0.15) is 5.75 Å². The molecule has 2 N–H and O–H groups in total. The zero-order chi connectivity index (χ0) is 17.0. The second-order valence-electron chi connectivity index (χ2n) is 6.15. The van der Waals surface area contributed by atoms with E-state index >= 15 is 0 Å². The predicted molar refractivity (Wildman–Crippen MR) is 98.9 cm³/mol. The van der Waals surface area contributed by atoms with Crippen LogP contribution in [0, 0.1) is 6.92 Å². The number of nitrogens with one attached hydrogen (secondary N) is 2. The molecule has 1 aromatic rings. The SMILES string of the molecule is CCNC(=NCC1CCCO1)NCCCCOc1ccc(C)cc1. The van der Waals surface area contributed by atoms with E-state index in [2.05, 4.69) is 41.6 Å². The van der Waals surface area contributed by atoms with E-state index in [0.29, 0.717) is 6.10 Å². The first-order chi connectivity index (χ1) is 11.8. The highest BCUT2D eigenvalue weighted by atomic mass is 16.5. The molecule has 1 aliphatic heterocycles. The predicted octanol–water partition coefficient (Wildman–Crippen LogP) is 2.89. The molecule has 134 valence electrons. The maximum Gasteiger partial charge on any atom is 0.191 e. The van der Waals surface area contributed by atoms with Gasteiger partial charge >= 0.3 is 0 Å². The van der Waals surface area contributed by atoms with Gasteiger partial charge in [-0.25, -0.2) is 0 Å². The van der Waals surface area contributed by atoms with Crippen molar-refractivity contribution in [3.8, 4) is 5.75 Å². The lowest BCUT2D eigenvalue weighted by molar-refractivity contribution is 0.117. The summed E-state index contributed by atoms with van der Waals surface area (Å²) in [7, 11) is 0. The van der Waals surface area contributed by atoms with Gasteiger partial charge in [0.2, 0.25) is 0 Å². The maximum atomic E-state index is 5.74. The van der Waals surface area contributed by atoms with Crippen LogP contribution in [0.4, 0.5) is 0 Å². The van der Waals surface area contributed by atoms with Crippen LogP contribution in [-0.2, 0) is 4.74 Å². The van der Waals surface area contributed by atoms with Gasteiger partial charge in [-0.15, -0.1) is 0 Å². The fourth-order valence-corrected chi connectivity index (χ4v) is 2.58. The molecule has 1 atom stereocenters. The lowest BCUT2D eigenvalue weighted by Crippen LogP contribution is -2.38. The van der Waals surface area contributed by atoms with E-state index in [1.165, 1.54) is 5.56 Å². The van der Waals surface area contributed by atoms with Crippen molar-refractivity contribution in [2.75, 3.05) is 32.8 Å². The molecule has 0 saturated carbocycles. The van der Waals surface area contributed by atoms with Gasteiger partial charge in [-0.3, -0.25) is 4.99 Å². The molecule has 0 radical (unpaired) electrons. The summed E-state index contributed by atoms with van der Waals surface area (Å²) in [6.45, 7) is 8.30. The number of unbranched alkanes of at least 4 members (excludes halogenated alkanes) is 1. The maximum absolute atomic E-state index is 5.74. The first-order valence-electron chi connectivity index (χ1n) is 9.11. The highest BCUT2D eigenvalue weighted by molar-refractivity contribution is 5.79. The molecule has 1 fully saturated rings. The van der Waals surface area contributed by atoms with Gasteiger partial charge in [-0.1, -0.05) is 17.7 Å². The zero-order valence-corrected chi connectivity index (χ0v) is 15.0. The molecule has 1 aliphatic rings. The van der Waals surface area contributed by atoms with Crippen molar-refractivity contribution in [3.05, 3.63) is 29.8 Å². The molecular weight excluding hydrogens is 302 g/mol. The van der Waals surface area contributed by atoms with E-state index in [9.17, 15) is 0 Å². The van der Waals surface area contributed by atoms with Crippen LogP contribution >= 0.6 is 0 Å². The van der Waals surface area contributed by atoms with Crippen molar-refractivity contribution in [1.29, 1.82) is 0 Å². The molecule has 2 rings (SSSR count). The van der Waals surface area contributed by atoms with Crippen LogP contribution in [0.2, 0.25) is 0 Å². The highest BCUT2D eigenvalue weighted by Crippen LogP contribution is 2.12. The number of ether oxygens (including phenoxy) is 2. The largest absolute Gasteiger partial charge is 0.494 e.